The van der Waals surface area contributed by atoms with Gasteiger partial charge < -0.3 is 10.1 Å². The molecule has 34 heavy (non-hydrogen) atoms. The first-order chi connectivity index (χ1) is 16.4. The number of hydrogen-bond donors (Lipinski definition) is 1. The zero-order valence-electron chi connectivity index (χ0n) is 18.1. The highest BCUT2D eigenvalue weighted by atomic mass is 32.2. The van der Waals surface area contributed by atoms with Gasteiger partial charge in [-0.3, -0.25) is 14.5 Å². The van der Waals surface area contributed by atoms with Crippen LogP contribution in [-0.2, 0) is 19.6 Å². The van der Waals surface area contributed by atoms with Crippen LogP contribution in [-0.4, -0.2) is 37.8 Å². The highest BCUT2D eigenvalue weighted by molar-refractivity contribution is 8.16. The fourth-order valence-corrected chi connectivity index (χ4v) is 5.63. The minimum absolute atomic E-state index is 0.00213. The number of carbonyl (C=O) groups excluding carboxylic acids is 2. The lowest BCUT2D eigenvalue weighted by molar-refractivity contribution is -0.121. The van der Waals surface area contributed by atoms with E-state index in [9.17, 15) is 18.0 Å². The maximum absolute atomic E-state index is 13.2. The van der Waals surface area contributed by atoms with Gasteiger partial charge in [0.05, 0.1) is 17.7 Å². The molecule has 0 aliphatic carbocycles. The van der Waals surface area contributed by atoms with Gasteiger partial charge in [-0.05, 0) is 48.5 Å². The average molecular weight is 496 g/mol. The SMILES string of the molecule is COc1ccc(NC(=O)C[C@H]2SC(=NS(=O)(=O)c3ccccc3)N(c3ccccc3)C2=O)cc1. The lowest BCUT2D eigenvalue weighted by Gasteiger charge is -2.16. The van der Waals surface area contributed by atoms with E-state index in [1.807, 2.05) is 0 Å². The molecule has 1 N–H and O–H groups in total. The molecule has 0 saturated carbocycles. The van der Waals surface area contributed by atoms with Crippen molar-refractivity contribution >= 4 is 50.1 Å². The number of para-hydroxylation sites is 1. The summed E-state index contributed by atoms with van der Waals surface area (Å²) in [7, 11) is -2.51. The van der Waals surface area contributed by atoms with Crippen LogP contribution in [0.15, 0.2) is 94.2 Å². The third-order valence-electron chi connectivity index (χ3n) is 4.93. The normalized spacial score (nSPS) is 17.1. The van der Waals surface area contributed by atoms with Crippen molar-refractivity contribution in [2.45, 2.75) is 16.6 Å². The predicted octanol–water partition coefficient (Wildman–Crippen LogP) is 3.92. The topological polar surface area (TPSA) is 105 Å². The number of amides is 2. The summed E-state index contributed by atoms with van der Waals surface area (Å²) in [6.45, 7) is 0. The molecule has 1 fully saturated rings. The van der Waals surface area contributed by atoms with Crippen LogP contribution < -0.4 is 15.0 Å². The van der Waals surface area contributed by atoms with Crippen LogP contribution in [0.4, 0.5) is 11.4 Å². The van der Waals surface area contributed by atoms with E-state index in [1.165, 1.54) is 17.0 Å². The van der Waals surface area contributed by atoms with Crippen LogP contribution in [0.1, 0.15) is 6.42 Å². The number of nitrogens with one attached hydrogen (secondary N) is 1. The smallest absolute Gasteiger partial charge is 0.284 e. The van der Waals surface area contributed by atoms with Gasteiger partial charge in [-0.15, -0.1) is 4.40 Å². The zero-order valence-corrected chi connectivity index (χ0v) is 19.8. The Labute approximate surface area is 201 Å². The van der Waals surface area contributed by atoms with Gasteiger partial charge in [0.15, 0.2) is 5.17 Å². The van der Waals surface area contributed by atoms with E-state index in [0.717, 1.165) is 11.8 Å². The third-order valence-corrected chi connectivity index (χ3v) is 7.47. The first-order valence-corrected chi connectivity index (χ1v) is 12.6. The van der Waals surface area contributed by atoms with Crippen LogP contribution in [0.2, 0.25) is 0 Å². The summed E-state index contributed by atoms with van der Waals surface area (Å²) in [5.41, 5.74) is 1.03. The van der Waals surface area contributed by atoms with E-state index < -0.39 is 21.2 Å². The van der Waals surface area contributed by atoms with E-state index in [2.05, 4.69) is 9.71 Å². The Balaban J connectivity index is 1.59. The second-order valence-electron chi connectivity index (χ2n) is 7.26. The fourth-order valence-electron chi connectivity index (χ4n) is 3.28. The third kappa shape index (κ3) is 5.29. The fraction of sp³-hybridized carbons (Fsp3) is 0.125. The summed E-state index contributed by atoms with van der Waals surface area (Å²) in [6, 6.07) is 23.2. The Morgan fingerprint density at radius 2 is 1.62 bits per heavy atom. The summed E-state index contributed by atoms with van der Waals surface area (Å²) in [6.07, 6.45) is -0.150. The Hall–Kier alpha value is -3.63. The number of ether oxygens (including phenoxy) is 1. The van der Waals surface area contributed by atoms with Crippen molar-refractivity contribution in [2.24, 2.45) is 4.40 Å². The summed E-state index contributed by atoms with van der Waals surface area (Å²) in [4.78, 5) is 27.1. The standard InChI is InChI=1S/C24H21N3O5S2/c1-32-19-14-12-17(13-15-19)25-22(28)16-21-23(29)27(18-8-4-2-5-9-18)24(33-21)26-34(30,31)20-10-6-3-7-11-20/h2-15,21H,16H2,1H3,(H,25,28)/t21-/m1/s1. The van der Waals surface area contributed by atoms with Gasteiger partial charge in [-0.25, -0.2) is 0 Å². The van der Waals surface area contributed by atoms with Crippen molar-refractivity contribution in [2.75, 3.05) is 17.3 Å². The molecule has 10 heteroatoms. The molecule has 2 amide bonds. The molecule has 1 aliphatic heterocycles. The number of rotatable bonds is 7. The van der Waals surface area contributed by atoms with Gasteiger partial charge in [-0.2, -0.15) is 8.42 Å². The number of carbonyl (C=O) groups is 2. The van der Waals surface area contributed by atoms with Gasteiger partial charge in [0.2, 0.25) is 11.8 Å². The molecule has 0 radical (unpaired) electrons. The highest BCUT2D eigenvalue weighted by Crippen LogP contribution is 2.35. The monoisotopic (exact) mass is 495 g/mol. The zero-order chi connectivity index (χ0) is 24.1. The first-order valence-electron chi connectivity index (χ1n) is 10.3. The van der Waals surface area contributed by atoms with E-state index in [-0.39, 0.29) is 22.4 Å². The number of anilines is 2. The molecule has 0 aromatic heterocycles. The number of benzene rings is 3. The Kier molecular flexibility index (Phi) is 6.99. The first kappa shape index (κ1) is 23.5. The van der Waals surface area contributed by atoms with Crippen LogP contribution in [0, 0.1) is 0 Å². The van der Waals surface area contributed by atoms with Gasteiger partial charge in [0.1, 0.15) is 11.0 Å². The molecule has 1 atom stereocenters. The minimum atomic E-state index is -4.05. The molecule has 8 nitrogen and oxygen atoms in total. The van der Waals surface area contributed by atoms with Crippen LogP contribution in [0.25, 0.3) is 0 Å². The molecule has 0 spiro atoms. The highest BCUT2D eigenvalue weighted by Gasteiger charge is 2.41. The Bertz CT molecular complexity index is 1310. The minimum Gasteiger partial charge on any atom is -0.497 e. The second-order valence-corrected chi connectivity index (χ2v) is 10.0. The largest absolute Gasteiger partial charge is 0.497 e. The second kappa shape index (κ2) is 10.1. The van der Waals surface area contributed by atoms with Crippen molar-refractivity contribution in [3.8, 4) is 5.75 Å². The molecular formula is C24H21N3O5S2. The number of nitrogens with zero attached hydrogens (tertiary/aromatic N) is 2. The van der Waals surface area contributed by atoms with Gasteiger partial charge in [0.25, 0.3) is 10.0 Å². The molecule has 3 aromatic rings. The molecule has 0 bridgehead atoms. The lowest BCUT2D eigenvalue weighted by Crippen LogP contribution is -2.33. The van der Waals surface area contributed by atoms with Crippen molar-refractivity contribution in [3.63, 3.8) is 0 Å². The van der Waals surface area contributed by atoms with E-state index >= 15 is 0 Å². The van der Waals surface area contributed by atoms with Crippen molar-refractivity contribution < 1.29 is 22.7 Å². The summed E-state index contributed by atoms with van der Waals surface area (Å²) >= 11 is 0.955. The van der Waals surface area contributed by atoms with Gasteiger partial charge in [0, 0.05) is 12.1 Å². The van der Waals surface area contributed by atoms with Crippen LogP contribution >= 0.6 is 11.8 Å². The molecular weight excluding hydrogens is 474 g/mol. The van der Waals surface area contributed by atoms with Crippen molar-refractivity contribution in [1.29, 1.82) is 0 Å². The summed E-state index contributed by atoms with van der Waals surface area (Å²) in [5, 5.41) is 1.92. The quantitative estimate of drug-likeness (QED) is 0.533. The number of thioether (sulfide) groups is 1. The number of hydrogen-bond acceptors (Lipinski definition) is 6. The predicted molar refractivity (Wildman–Crippen MR) is 133 cm³/mol. The molecule has 4 rings (SSSR count). The summed E-state index contributed by atoms with van der Waals surface area (Å²) in [5.74, 6) is -0.141. The van der Waals surface area contributed by atoms with Gasteiger partial charge in [-0.1, -0.05) is 48.2 Å². The molecule has 1 saturated heterocycles. The van der Waals surface area contributed by atoms with Crippen LogP contribution in [0.5, 0.6) is 5.75 Å². The maximum Gasteiger partial charge on any atom is 0.284 e. The van der Waals surface area contributed by atoms with Crippen molar-refractivity contribution in [3.05, 3.63) is 84.9 Å². The molecule has 1 heterocycles. The maximum atomic E-state index is 13.2. The Morgan fingerprint density at radius 3 is 2.24 bits per heavy atom. The number of methoxy groups -OCH3 is 1. The van der Waals surface area contributed by atoms with Crippen LogP contribution in [0.3, 0.4) is 0 Å². The molecule has 174 valence electrons. The number of sulfonamides is 1. The van der Waals surface area contributed by atoms with Crippen molar-refractivity contribution in [1.82, 2.24) is 0 Å². The average Bonchev–Trinajstić information content (AvgIpc) is 3.14. The number of amidine groups is 1. The summed E-state index contributed by atoms with van der Waals surface area (Å²) < 4.78 is 34.8. The van der Waals surface area contributed by atoms with E-state index in [1.54, 1.807) is 79.9 Å². The Morgan fingerprint density at radius 1 is 1.00 bits per heavy atom. The molecule has 1 aliphatic rings. The van der Waals surface area contributed by atoms with Gasteiger partial charge >= 0.3 is 0 Å². The van der Waals surface area contributed by atoms with E-state index in [0.29, 0.717) is 17.1 Å². The lowest BCUT2D eigenvalue weighted by atomic mass is 10.2. The van der Waals surface area contributed by atoms with E-state index in [4.69, 9.17) is 4.74 Å². The molecule has 0 unspecified atom stereocenters. The molecule has 3 aromatic carbocycles.